The molecule has 0 fully saturated rings. The van der Waals surface area contributed by atoms with Crippen LogP contribution >= 0.6 is 11.3 Å². The molecule has 0 unspecified atom stereocenters. The van der Waals surface area contributed by atoms with Crippen LogP contribution in [0.15, 0.2) is 35.8 Å². The number of hydrogen-bond donors (Lipinski definition) is 1. The van der Waals surface area contributed by atoms with E-state index in [0.717, 1.165) is 15.6 Å². The molecule has 0 aliphatic rings. The van der Waals surface area contributed by atoms with Crippen molar-refractivity contribution < 1.29 is 4.92 Å². The van der Waals surface area contributed by atoms with Gasteiger partial charge in [-0.2, -0.15) is 0 Å². The van der Waals surface area contributed by atoms with E-state index in [1.165, 1.54) is 17.5 Å². The van der Waals surface area contributed by atoms with Crippen molar-refractivity contribution in [2.75, 3.05) is 12.4 Å². The molecular formula is C13H10N4O2S. The standard InChI is InChI=1S/C13H10N4O2S/c1-14-13-15-7-10(17(18)19)11(16-13)9-4-2-3-8-5-6-20-12(8)9/h2-7H,1H3,(H,14,15,16). The Balaban J connectivity index is 2.32. The maximum Gasteiger partial charge on any atom is 0.313 e. The second kappa shape index (κ2) is 4.86. The smallest absolute Gasteiger partial charge is 0.313 e. The van der Waals surface area contributed by atoms with Gasteiger partial charge in [0.25, 0.3) is 0 Å². The highest BCUT2D eigenvalue weighted by molar-refractivity contribution is 7.17. The van der Waals surface area contributed by atoms with Crippen molar-refractivity contribution in [3.05, 3.63) is 46.0 Å². The van der Waals surface area contributed by atoms with E-state index in [0.29, 0.717) is 11.6 Å². The molecule has 0 aliphatic heterocycles. The van der Waals surface area contributed by atoms with E-state index in [1.54, 1.807) is 7.05 Å². The topological polar surface area (TPSA) is 81.0 Å². The van der Waals surface area contributed by atoms with Gasteiger partial charge in [0.05, 0.1) is 4.92 Å². The van der Waals surface area contributed by atoms with E-state index in [4.69, 9.17) is 0 Å². The molecule has 20 heavy (non-hydrogen) atoms. The maximum atomic E-state index is 11.2. The van der Waals surface area contributed by atoms with Crippen molar-refractivity contribution in [3.63, 3.8) is 0 Å². The molecule has 0 saturated heterocycles. The number of thiophene rings is 1. The second-order valence-electron chi connectivity index (χ2n) is 4.08. The van der Waals surface area contributed by atoms with Crippen LogP contribution in [0.2, 0.25) is 0 Å². The Labute approximate surface area is 118 Å². The van der Waals surface area contributed by atoms with Crippen LogP contribution in [0.5, 0.6) is 0 Å². The van der Waals surface area contributed by atoms with Crippen LogP contribution in [-0.4, -0.2) is 21.9 Å². The third kappa shape index (κ3) is 1.97. The first-order chi connectivity index (χ1) is 9.70. The highest BCUT2D eigenvalue weighted by Crippen LogP contribution is 2.36. The molecule has 0 saturated carbocycles. The lowest BCUT2D eigenvalue weighted by Gasteiger charge is -2.05. The largest absolute Gasteiger partial charge is 0.357 e. The molecule has 0 spiro atoms. The summed E-state index contributed by atoms with van der Waals surface area (Å²) in [6.45, 7) is 0. The highest BCUT2D eigenvalue weighted by atomic mass is 32.1. The molecule has 1 N–H and O–H groups in total. The van der Waals surface area contributed by atoms with Crippen molar-refractivity contribution >= 4 is 33.1 Å². The molecule has 0 bridgehead atoms. The summed E-state index contributed by atoms with van der Waals surface area (Å²) >= 11 is 1.54. The Kier molecular flexibility index (Phi) is 3.03. The van der Waals surface area contributed by atoms with Crippen molar-refractivity contribution in [2.45, 2.75) is 0 Å². The first-order valence-electron chi connectivity index (χ1n) is 5.86. The van der Waals surface area contributed by atoms with Crippen LogP contribution in [0.3, 0.4) is 0 Å². The number of benzene rings is 1. The summed E-state index contributed by atoms with van der Waals surface area (Å²) in [6.07, 6.45) is 1.24. The van der Waals surface area contributed by atoms with Gasteiger partial charge in [-0.1, -0.05) is 18.2 Å². The molecule has 7 heteroatoms. The van der Waals surface area contributed by atoms with Gasteiger partial charge in [-0.3, -0.25) is 10.1 Å². The van der Waals surface area contributed by atoms with E-state index >= 15 is 0 Å². The van der Waals surface area contributed by atoms with E-state index in [1.807, 2.05) is 29.6 Å². The van der Waals surface area contributed by atoms with Crippen molar-refractivity contribution in [1.82, 2.24) is 9.97 Å². The highest BCUT2D eigenvalue weighted by Gasteiger charge is 2.20. The number of nitrogens with one attached hydrogen (secondary N) is 1. The Morgan fingerprint density at radius 3 is 2.95 bits per heavy atom. The fourth-order valence-corrected chi connectivity index (χ4v) is 2.92. The lowest BCUT2D eigenvalue weighted by atomic mass is 10.1. The van der Waals surface area contributed by atoms with Gasteiger partial charge in [-0.05, 0) is 16.8 Å². The summed E-state index contributed by atoms with van der Waals surface area (Å²) in [5.74, 6) is 0.360. The summed E-state index contributed by atoms with van der Waals surface area (Å²) < 4.78 is 0.983. The lowest BCUT2D eigenvalue weighted by Crippen LogP contribution is -2.01. The normalized spacial score (nSPS) is 10.7. The minimum absolute atomic E-state index is 0.0927. The first kappa shape index (κ1) is 12.5. The molecule has 0 amide bonds. The van der Waals surface area contributed by atoms with E-state index in [9.17, 15) is 10.1 Å². The van der Waals surface area contributed by atoms with E-state index in [2.05, 4.69) is 15.3 Å². The number of aromatic nitrogens is 2. The SMILES string of the molecule is CNc1ncc([N+](=O)[O-])c(-c2cccc3ccsc23)n1. The quantitative estimate of drug-likeness (QED) is 0.590. The lowest BCUT2D eigenvalue weighted by molar-refractivity contribution is -0.384. The molecule has 100 valence electrons. The fourth-order valence-electron chi connectivity index (χ4n) is 2.01. The van der Waals surface area contributed by atoms with Gasteiger partial charge < -0.3 is 5.32 Å². The Morgan fingerprint density at radius 1 is 1.35 bits per heavy atom. The number of anilines is 1. The van der Waals surface area contributed by atoms with Crippen LogP contribution < -0.4 is 5.32 Å². The van der Waals surface area contributed by atoms with E-state index in [-0.39, 0.29) is 5.69 Å². The number of hydrogen-bond acceptors (Lipinski definition) is 6. The second-order valence-corrected chi connectivity index (χ2v) is 5.00. The average molecular weight is 286 g/mol. The summed E-state index contributed by atoms with van der Waals surface area (Å²) in [6, 6.07) is 7.67. The molecule has 2 aromatic heterocycles. The Bertz CT molecular complexity index is 800. The average Bonchev–Trinajstić information content (AvgIpc) is 2.94. The molecule has 0 radical (unpaired) electrons. The molecule has 3 rings (SSSR count). The van der Waals surface area contributed by atoms with Crippen molar-refractivity contribution in [1.29, 1.82) is 0 Å². The molecular weight excluding hydrogens is 276 g/mol. The van der Waals surface area contributed by atoms with Crippen LogP contribution in [0.4, 0.5) is 11.6 Å². The zero-order valence-electron chi connectivity index (χ0n) is 10.5. The fraction of sp³-hybridized carbons (Fsp3) is 0.0769. The van der Waals surface area contributed by atoms with Gasteiger partial charge in [0.15, 0.2) is 5.69 Å². The van der Waals surface area contributed by atoms with Gasteiger partial charge >= 0.3 is 5.69 Å². The summed E-state index contributed by atoms with van der Waals surface area (Å²) in [7, 11) is 1.68. The van der Waals surface area contributed by atoms with Gasteiger partial charge in [-0.25, -0.2) is 9.97 Å². The predicted molar refractivity (Wildman–Crippen MR) is 79.1 cm³/mol. The van der Waals surface area contributed by atoms with Crippen molar-refractivity contribution in [2.24, 2.45) is 0 Å². The molecule has 3 aromatic rings. The van der Waals surface area contributed by atoms with Gasteiger partial charge in [0.1, 0.15) is 6.20 Å². The molecule has 0 aliphatic carbocycles. The van der Waals surface area contributed by atoms with Crippen molar-refractivity contribution in [3.8, 4) is 11.3 Å². The van der Waals surface area contributed by atoms with E-state index < -0.39 is 4.92 Å². The first-order valence-corrected chi connectivity index (χ1v) is 6.74. The predicted octanol–water partition coefficient (Wildman–Crippen LogP) is 3.31. The zero-order chi connectivity index (χ0) is 14.1. The number of fused-ring (bicyclic) bond motifs is 1. The van der Waals surface area contributed by atoms with Gasteiger partial charge in [0.2, 0.25) is 5.95 Å². The molecule has 6 nitrogen and oxygen atoms in total. The van der Waals surface area contributed by atoms with Crippen LogP contribution in [-0.2, 0) is 0 Å². The van der Waals surface area contributed by atoms with Crippen LogP contribution in [0.25, 0.3) is 21.3 Å². The van der Waals surface area contributed by atoms with Crippen LogP contribution in [0, 0.1) is 10.1 Å². The number of rotatable bonds is 3. The number of nitro groups is 1. The maximum absolute atomic E-state index is 11.2. The molecule has 2 heterocycles. The number of nitrogens with zero attached hydrogens (tertiary/aromatic N) is 3. The monoisotopic (exact) mass is 286 g/mol. The van der Waals surface area contributed by atoms with Crippen LogP contribution in [0.1, 0.15) is 0 Å². The summed E-state index contributed by atoms with van der Waals surface area (Å²) in [5, 5.41) is 17.0. The Hall–Kier alpha value is -2.54. The third-order valence-corrected chi connectivity index (χ3v) is 3.89. The zero-order valence-corrected chi connectivity index (χ0v) is 11.3. The minimum atomic E-state index is -0.457. The third-order valence-electron chi connectivity index (χ3n) is 2.92. The molecule has 0 atom stereocenters. The summed E-state index contributed by atoms with van der Waals surface area (Å²) in [4.78, 5) is 18.9. The van der Waals surface area contributed by atoms with Gasteiger partial charge in [0, 0.05) is 17.3 Å². The summed E-state index contributed by atoms with van der Waals surface area (Å²) in [5.41, 5.74) is 0.996. The Morgan fingerprint density at radius 2 is 2.20 bits per heavy atom. The van der Waals surface area contributed by atoms with Gasteiger partial charge in [-0.15, -0.1) is 11.3 Å². The minimum Gasteiger partial charge on any atom is -0.357 e. The molecule has 1 aromatic carbocycles.